The molecule has 0 N–H and O–H groups in total. The smallest absolute Gasteiger partial charge is 0.317 e. The van der Waals surface area contributed by atoms with Crippen LogP contribution in [-0.2, 0) is 11.2 Å². The lowest BCUT2D eigenvalue weighted by atomic mass is 10.1. The molecule has 0 fully saturated rings. The number of furan rings is 1. The molecule has 1 aromatic carbocycles. The highest BCUT2D eigenvalue weighted by Gasteiger charge is 2.17. The Kier molecular flexibility index (Phi) is 3.84. The van der Waals surface area contributed by atoms with Gasteiger partial charge in [-0.1, -0.05) is 17.7 Å². The number of esters is 1. The third-order valence-corrected chi connectivity index (χ3v) is 4.53. The summed E-state index contributed by atoms with van der Waals surface area (Å²) in [6, 6.07) is 9.13. The Morgan fingerprint density at radius 2 is 2.17 bits per heavy atom. The summed E-state index contributed by atoms with van der Waals surface area (Å²) in [5.74, 6) is 0.102. The number of halogens is 1. The summed E-state index contributed by atoms with van der Waals surface area (Å²) >= 11 is 7.29. The number of carbonyl (C=O) groups excluding carboxylic acids is 1. The van der Waals surface area contributed by atoms with Crippen LogP contribution in [-0.4, -0.2) is 11.0 Å². The molecule has 3 aromatic heterocycles. The summed E-state index contributed by atoms with van der Waals surface area (Å²) in [5, 5.41) is 2.75. The molecule has 5 nitrogen and oxygen atoms in total. The van der Waals surface area contributed by atoms with E-state index in [1.165, 1.54) is 17.7 Å². The molecule has 0 aliphatic heterocycles. The molecule has 0 spiro atoms. The van der Waals surface area contributed by atoms with Gasteiger partial charge >= 0.3 is 5.97 Å². The van der Waals surface area contributed by atoms with E-state index in [2.05, 4.69) is 4.98 Å². The quantitative estimate of drug-likeness (QED) is 0.482. The molecule has 0 atom stereocenters. The summed E-state index contributed by atoms with van der Waals surface area (Å²) in [5.41, 5.74) is 2.34. The molecule has 0 bridgehead atoms. The van der Waals surface area contributed by atoms with Crippen LogP contribution in [0.15, 0.2) is 57.2 Å². The number of rotatable bonds is 4. The largest absolute Gasteiger partial charge is 0.464 e. The Morgan fingerprint density at radius 3 is 3.00 bits per heavy atom. The van der Waals surface area contributed by atoms with Gasteiger partial charge in [0.2, 0.25) is 0 Å². The van der Waals surface area contributed by atoms with Gasteiger partial charge in [0.1, 0.15) is 5.58 Å². The van der Waals surface area contributed by atoms with Crippen molar-refractivity contribution in [3.63, 3.8) is 0 Å². The Balaban J connectivity index is 1.51. The zero-order chi connectivity index (χ0) is 16.5. The van der Waals surface area contributed by atoms with Crippen LogP contribution in [0.2, 0.25) is 4.34 Å². The summed E-state index contributed by atoms with van der Waals surface area (Å²) in [6.07, 6.45) is 2.97. The van der Waals surface area contributed by atoms with Gasteiger partial charge in [-0.05, 0) is 29.8 Å². The van der Waals surface area contributed by atoms with Crippen molar-refractivity contribution in [2.45, 2.75) is 6.42 Å². The Hall–Kier alpha value is -2.57. The van der Waals surface area contributed by atoms with Crippen LogP contribution in [0.25, 0.3) is 22.3 Å². The van der Waals surface area contributed by atoms with Crippen molar-refractivity contribution in [1.29, 1.82) is 0 Å². The Bertz CT molecular complexity index is 1020. The van der Waals surface area contributed by atoms with Crippen molar-refractivity contribution < 1.29 is 18.4 Å². The van der Waals surface area contributed by atoms with E-state index in [9.17, 15) is 4.79 Å². The van der Waals surface area contributed by atoms with Crippen molar-refractivity contribution in [3.05, 3.63) is 58.3 Å². The topological polar surface area (TPSA) is 65.5 Å². The summed E-state index contributed by atoms with van der Waals surface area (Å²) in [6.45, 7) is 0. The molecule has 0 saturated carbocycles. The van der Waals surface area contributed by atoms with E-state index in [0.29, 0.717) is 10.1 Å². The molecule has 4 aromatic rings. The zero-order valence-electron chi connectivity index (χ0n) is 12.2. The minimum Gasteiger partial charge on any atom is -0.464 e. The number of fused-ring (bicyclic) bond motifs is 1. The van der Waals surface area contributed by atoms with E-state index >= 15 is 0 Å². The number of hydrogen-bond acceptors (Lipinski definition) is 6. The standard InChI is InChI=1S/C17H10ClNO4S/c18-14-7-12(8-24-14)16-17(19-9-22-16)23-15(20)6-10-1-2-13-11(5-10)3-4-21-13/h1-5,7-9H,6H2. The maximum Gasteiger partial charge on any atom is 0.317 e. The fourth-order valence-electron chi connectivity index (χ4n) is 2.37. The number of thiophene rings is 1. The number of aromatic nitrogens is 1. The van der Waals surface area contributed by atoms with Crippen LogP contribution in [0, 0.1) is 0 Å². The lowest BCUT2D eigenvalue weighted by Gasteiger charge is -2.03. The molecule has 120 valence electrons. The highest BCUT2D eigenvalue weighted by Crippen LogP contribution is 2.34. The van der Waals surface area contributed by atoms with Crippen molar-refractivity contribution >= 4 is 39.9 Å². The second-order valence-corrected chi connectivity index (χ2v) is 6.61. The zero-order valence-corrected chi connectivity index (χ0v) is 13.8. The first-order valence-electron chi connectivity index (χ1n) is 7.04. The lowest BCUT2D eigenvalue weighted by molar-refractivity contribution is -0.133. The van der Waals surface area contributed by atoms with Gasteiger partial charge in [-0.3, -0.25) is 4.79 Å². The molecule has 4 rings (SSSR count). The van der Waals surface area contributed by atoms with Crippen LogP contribution in [0.3, 0.4) is 0 Å². The number of oxazole rings is 1. The van der Waals surface area contributed by atoms with Gasteiger partial charge in [0, 0.05) is 16.3 Å². The Morgan fingerprint density at radius 1 is 1.25 bits per heavy atom. The van der Waals surface area contributed by atoms with E-state index in [-0.39, 0.29) is 12.3 Å². The highest BCUT2D eigenvalue weighted by atomic mass is 35.5. The monoisotopic (exact) mass is 359 g/mol. The second kappa shape index (κ2) is 6.14. The van der Waals surface area contributed by atoms with Gasteiger partial charge in [0.25, 0.3) is 5.88 Å². The average Bonchev–Trinajstić information content (AvgIpc) is 3.27. The maximum atomic E-state index is 12.2. The number of carbonyl (C=O) groups is 1. The minimum atomic E-state index is -0.422. The van der Waals surface area contributed by atoms with Gasteiger partial charge < -0.3 is 13.6 Å². The molecule has 0 aliphatic rings. The van der Waals surface area contributed by atoms with Crippen LogP contribution in [0.1, 0.15) is 5.56 Å². The molecule has 0 aliphatic carbocycles. The highest BCUT2D eigenvalue weighted by molar-refractivity contribution is 7.14. The third-order valence-electron chi connectivity index (χ3n) is 3.44. The van der Waals surface area contributed by atoms with Crippen molar-refractivity contribution in [2.75, 3.05) is 0 Å². The number of ether oxygens (including phenoxy) is 1. The molecule has 3 heterocycles. The van der Waals surface area contributed by atoms with Gasteiger partial charge in [-0.25, -0.2) is 0 Å². The lowest BCUT2D eigenvalue weighted by Crippen LogP contribution is -2.11. The molecule has 7 heteroatoms. The summed E-state index contributed by atoms with van der Waals surface area (Å²) in [4.78, 5) is 16.2. The van der Waals surface area contributed by atoms with E-state index in [1.54, 1.807) is 12.3 Å². The molecule has 0 amide bonds. The fourth-order valence-corrected chi connectivity index (χ4v) is 3.23. The summed E-state index contributed by atoms with van der Waals surface area (Å²) in [7, 11) is 0. The van der Waals surface area contributed by atoms with E-state index in [1.807, 2.05) is 29.6 Å². The van der Waals surface area contributed by atoms with Gasteiger partial charge in [0.05, 0.1) is 17.0 Å². The SMILES string of the molecule is O=C(Cc1ccc2occc2c1)Oc1ncoc1-c1csc(Cl)c1. The van der Waals surface area contributed by atoms with Crippen molar-refractivity contribution in [3.8, 4) is 17.2 Å². The molecule has 0 unspecified atom stereocenters. The van der Waals surface area contributed by atoms with E-state index in [0.717, 1.165) is 22.1 Å². The normalized spacial score (nSPS) is 11.0. The van der Waals surface area contributed by atoms with Crippen LogP contribution in [0.4, 0.5) is 0 Å². The predicted octanol–water partition coefficient (Wildman–Crippen LogP) is 4.95. The summed E-state index contributed by atoms with van der Waals surface area (Å²) < 4.78 is 16.5. The van der Waals surface area contributed by atoms with Crippen LogP contribution >= 0.6 is 22.9 Å². The molecular weight excluding hydrogens is 350 g/mol. The van der Waals surface area contributed by atoms with E-state index in [4.69, 9.17) is 25.2 Å². The first kappa shape index (κ1) is 15.0. The van der Waals surface area contributed by atoms with Crippen LogP contribution in [0.5, 0.6) is 5.88 Å². The molecule has 24 heavy (non-hydrogen) atoms. The molecule has 0 saturated heterocycles. The van der Waals surface area contributed by atoms with Gasteiger partial charge in [0.15, 0.2) is 12.2 Å². The molecule has 0 radical (unpaired) electrons. The van der Waals surface area contributed by atoms with Crippen LogP contribution < -0.4 is 4.74 Å². The maximum absolute atomic E-state index is 12.2. The molecular formula is C17H10ClNO4S. The van der Waals surface area contributed by atoms with Crippen molar-refractivity contribution in [1.82, 2.24) is 4.98 Å². The number of hydrogen-bond donors (Lipinski definition) is 0. The van der Waals surface area contributed by atoms with E-state index < -0.39 is 5.97 Å². The first-order valence-corrected chi connectivity index (χ1v) is 8.29. The second-order valence-electron chi connectivity index (χ2n) is 5.07. The average molecular weight is 360 g/mol. The predicted molar refractivity (Wildman–Crippen MR) is 90.4 cm³/mol. The first-order chi connectivity index (χ1) is 11.7. The fraction of sp³-hybridized carbons (Fsp3) is 0.0588. The number of benzene rings is 1. The third kappa shape index (κ3) is 2.93. The minimum absolute atomic E-state index is 0.123. The van der Waals surface area contributed by atoms with Gasteiger partial charge in [-0.15, -0.1) is 11.3 Å². The van der Waals surface area contributed by atoms with Gasteiger partial charge in [-0.2, -0.15) is 4.98 Å². The Labute approximate surface area is 145 Å². The number of nitrogens with zero attached hydrogens (tertiary/aromatic N) is 1. The van der Waals surface area contributed by atoms with Crippen molar-refractivity contribution in [2.24, 2.45) is 0 Å².